The Morgan fingerprint density at radius 3 is 2.45 bits per heavy atom. The number of rotatable bonds is 8. The molecule has 0 heterocycles. The summed E-state index contributed by atoms with van der Waals surface area (Å²) in [6, 6.07) is 7.77. The van der Waals surface area contributed by atoms with E-state index in [4.69, 9.17) is 10.5 Å². The highest BCUT2D eigenvalue weighted by Crippen LogP contribution is 2.41. The number of hydrogen-bond acceptors (Lipinski definition) is 4. The normalized spacial score (nSPS) is 15.4. The fraction of sp³-hybridized carbons (Fsp3) is 0.500. The van der Waals surface area contributed by atoms with Gasteiger partial charge in [0, 0.05) is 0 Å². The van der Waals surface area contributed by atoms with Gasteiger partial charge < -0.3 is 15.8 Å². The standard InChI is InChI=1S/C16H23N3O3/c1-19(9-14(17)20)10-15(21)18-16(11-3-4-11)12-5-7-13(22-2)8-6-12/h5-8,11,16H,3-4,9-10H2,1-2H3,(H2,17,20)(H,18,21)/t16-/m1/s1. The highest BCUT2D eigenvalue weighted by Gasteiger charge is 2.33. The van der Waals surface area contributed by atoms with Gasteiger partial charge in [0.2, 0.25) is 11.8 Å². The van der Waals surface area contributed by atoms with Crippen molar-refractivity contribution in [2.45, 2.75) is 18.9 Å². The summed E-state index contributed by atoms with van der Waals surface area (Å²) in [5.41, 5.74) is 6.20. The minimum atomic E-state index is -0.441. The second kappa shape index (κ2) is 7.26. The topological polar surface area (TPSA) is 84.7 Å². The Labute approximate surface area is 130 Å². The minimum absolute atomic E-state index is 0.0142. The van der Waals surface area contributed by atoms with Crippen molar-refractivity contribution in [1.82, 2.24) is 10.2 Å². The summed E-state index contributed by atoms with van der Waals surface area (Å²) in [7, 11) is 3.33. The average Bonchev–Trinajstić information content (AvgIpc) is 3.28. The van der Waals surface area contributed by atoms with Crippen LogP contribution in [0.15, 0.2) is 24.3 Å². The molecule has 1 aromatic rings. The van der Waals surface area contributed by atoms with Crippen LogP contribution in [-0.4, -0.2) is 44.0 Å². The number of nitrogens with one attached hydrogen (secondary N) is 1. The highest BCUT2D eigenvalue weighted by molar-refractivity contribution is 5.80. The number of nitrogens with two attached hydrogens (primary N) is 1. The molecule has 120 valence electrons. The maximum Gasteiger partial charge on any atom is 0.234 e. The van der Waals surface area contributed by atoms with Crippen LogP contribution in [-0.2, 0) is 9.59 Å². The first-order chi connectivity index (χ1) is 10.5. The first-order valence-electron chi connectivity index (χ1n) is 7.39. The third-order valence-electron chi connectivity index (χ3n) is 3.72. The summed E-state index contributed by atoms with van der Waals surface area (Å²) in [5, 5.41) is 3.06. The maximum atomic E-state index is 12.1. The first-order valence-corrected chi connectivity index (χ1v) is 7.39. The van der Waals surface area contributed by atoms with Gasteiger partial charge in [-0.3, -0.25) is 14.5 Å². The number of hydrogen-bond donors (Lipinski definition) is 2. The van der Waals surface area contributed by atoms with Crippen LogP contribution in [0, 0.1) is 5.92 Å². The number of carbonyl (C=O) groups is 2. The van der Waals surface area contributed by atoms with Crippen LogP contribution in [0.5, 0.6) is 5.75 Å². The smallest absolute Gasteiger partial charge is 0.234 e. The fourth-order valence-corrected chi connectivity index (χ4v) is 2.50. The van der Waals surface area contributed by atoms with Crippen LogP contribution in [0.25, 0.3) is 0 Å². The van der Waals surface area contributed by atoms with Crippen molar-refractivity contribution < 1.29 is 14.3 Å². The van der Waals surface area contributed by atoms with E-state index in [2.05, 4.69) is 5.32 Å². The molecule has 2 amide bonds. The van der Waals surface area contributed by atoms with Gasteiger partial charge in [0.1, 0.15) is 5.75 Å². The Kier molecular flexibility index (Phi) is 5.38. The fourth-order valence-electron chi connectivity index (χ4n) is 2.50. The zero-order valence-corrected chi connectivity index (χ0v) is 13.0. The van der Waals surface area contributed by atoms with E-state index in [9.17, 15) is 9.59 Å². The SMILES string of the molecule is COc1ccc([C@H](NC(=O)CN(C)CC(N)=O)C2CC2)cc1. The van der Waals surface area contributed by atoms with Crippen molar-refractivity contribution >= 4 is 11.8 Å². The molecule has 22 heavy (non-hydrogen) atoms. The minimum Gasteiger partial charge on any atom is -0.497 e. The van der Waals surface area contributed by atoms with Gasteiger partial charge in [-0.25, -0.2) is 0 Å². The molecule has 1 saturated carbocycles. The Morgan fingerprint density at radius 1 is 1.32 bits per heavy atom. The van der Waals surface area contributed by atoms with E-state index in [1.54, 1.807) is 19.1 Å². The lowest BCUT2D eigenvalue weighted by molar-refractivity contribution is -0.124. The number of benzene rings is 1. The third kappa shape index (κ3) is 4.73. The van der Waals surface area contributed by atoms with Gasteiger partial charge in [-0.05, 0) is 43.5 Å². The van der Waals surface area contributed by atoms with Crippen LogP contribution < -0.4 is 15.8 Å². The van der Waals surface area contributed by atoms with Crippen molar-refractivity contribution in [2.75, 3.05) is 27.2 Å². The highest BCUT2D eigenvalue weighted by atomic mass is 16.5. The molecule has 1 atom stereocenters. The molecule has 1 aliphatic carbocycles. The van der Waals surface area contributed by atoms with Gasteiger partial charge in [0.15, 0.2) is 0 Å². The predicted molar refractivity (Wildman–Crippen MR) is 83.3 cm³/mol. The van der Waals surface area contributed by atoms with Crippen molar-refractivity contribution in [3.63, 3.8) is 0 Å². The molecule has 6 heteroatoms. The monoisotopic (exact) mass is 305 g/mol. The summed E-state index contributed by atoms with van der Waals surface area (Å²) in [6.45, 7) is 0.229. The molecule has 0 aromatic heterocycles. The Morgan fingerprint density at radius 2 is 1.95 bits per heavy atom. The van der Waals surface area contributed by atoms with Gasteiger partial charge >= 0.3 is 0 Å². The molecule has 0 aliphatic heterocycles. The van der Waals surface area contributed by atoms with Crippen molar-refractivity contribution in [2.24, 2.45) is 11.7 Å². The zero-order valence-electron chi connectivity index (χ0n) is 13.0. The molecular weight excluding hydrogens is 282 g/mol. The molecule has 3 N–H and O–H groups in total. The van der Waals surface area contributed by atoms with Crippen molar-refractivity contribution in [3.8, 4) is 5.75 Å². The molecule has 1 aromatic carbocycles. The van der Waals surface area contributed by atoms with E-state index in [0.29, 0.717) is 5.92 Å². The molecule has 6 nitrogen and oxygen atoms in total. The Hall–Kier alpha value is -2.08. The number of ether oxygens (including phenoxy) is 1. The van der Waals surface area contributed by atoms with E-state index in [1.807, 2.05) is 24.3 Å². The van der Waals surface area contributed by atoms with Gasteiger partial charge in [-0.2, -0.15) is 0 Å². The largest absolute Gasteiger partial charge is 0.497 e. The van der Waals surface area contributed by atoms with Gasteiger partial charge in [-0.1, -0.05) is 12.1 Å². The number of amides is 2. The molecule has 1 fully saturated rings. The summed E-state index contributed by atoms with van der Waals surface area (Å²) in [4.78, 5) is 24.6. The molecule has 0 bridgehead atoms. The number of carbonyl (C=O) groups excluding carboxylic acids is 2. The molecule has 1 aliphatic rings. The van der Waals surface area contributed by atoms with E-state index < -0.39 is 5.91 Å². The zero-order chi connectivity index (χ0) is 16.1. The molecule has 0 spiro atoms. The molecule has 2 rings (SSSR count). The lowest BCUT2D eigenvalue weighted by Crippen LogP contribution is -2.40. The molecule has 0 radical (unpaired) electrons. The number of methoxy groups -OCH3 is 1. The van der Waals surface area contributed by atoms with Gasteiger partial charge in [-0.15, -0.1) is 0 Å². The molecule has 0 saturated heterocycles. The van der Waals surface area contributed by atoms with E-state index >= 15 is 0 Å². The van der Waals surface area contributed by atoms with Crippen molar-refractivity contribution in [3.05, 3.63) is 29.8 Å². The average molecular weight is 305 g/mol. The van der Waals surface area contributed by atoms with Crippen LogP contribution in [0.3, 0.4) is 0 Å². The van der Waals surface area contributed by atoms with Crippen LogP contribution in [0.1, 0.15) is 24.4 Å². The molecule has 0 unspecified atom stereocenters. The van der Waals surface area contributed by atoms with Gasteiger partial charge in [0.05, 0.1) is 26.2 Å². The van der Waals surface area contributed by atoms with E-state index in [1.165, 1.54) is 0 Å². The summed E-state index contributed by atoms with van der Waals surface area (Å²) >= 11 is 0. The maximum absolute atomic E-state index is 12.1. The quantitative estimate of drug-likeness (QED) is 0.739. The third-order valence-corrected chi connectivity index (χ3v) is 3.72. The van der Waals surface area contributed by atoms with E-state index in [-0.39, 0.29) is 25.0 Å². The second-order valence-corrected chi connectivity index (χ2v) is 5.79. The lowest BCUT2D eigenvalue weighted by Gasteiger charge is -2.21. The number of likely N-dealkylation sites (N-methyl/N-ethyl adjacent to an activating group) is 1. The lowest BCUT2D eigenvalue weighted by atomic mass is 10.0. The summed E-state index contributed by atoms with van der Waals surface area (Å²) in [5.74, 6) is 0.741. The Bertz CT molecular complexity index is 526. The molecular formula is C16H23N3O3. The van der Waals surface area contributed by atoms with Crippen LogP contribution >= 0.6 is 0 Å². The summed E-state index contributed by atoms with van der Waals surface area (Å²) < 4.78 is 5.16. The van der Waals surface area contributed by atoms with E-state index in [0.717, 1.165) is 24.2 Å². The van der Waals surface area contributed by atoms with Gasteiger partial charge in [0.25, 0.3) is 0 Å². The Balaban J connectivity index is 1.96. The van der Waals surface area contributed by atoms with Crippen LogP contribution in [0.4, 0.5) is 0 Å². The predicted octanol–water partition coefficient (Wildman–Crippen LogP) is 0.680. The van der Waals surface area contributed by atoms with Crippen LogP contribution in [0.2, 0.25) is 0 Å². The first kappa shape index (κ1) is 16.3. The summed E-state index contributed by atoms with van der Waals surface area (Å²) in [6.07, 6.45) is 2.24. The number of nitrogens with zero attached hydrogens (tertiary/aromatic N) is 1. The van der Waals surface area contributed by atoms with Crippen molar-refractivity contribution in [1.29, 1.82) is 0 Å². The second-order valence-electron chi connectivity index (χ2n) is 5.79. The number of primary amides is 1.